The Hall–Kier alpha value is -2.95. The van der Waals surface area contributed by atoms with E-state index in [1.54, 1.807) is 0 Å². The summed E-state index contributed by atoms with van der Waals surface area (Å²) in [4.78, 5) is 13.3. The second-order valence-corrected chi connectivity index (χ2v) is 7.74. The van der Waals surface area contributed by atoms with Crippen LogP contribution in [0.2, 0.25) is 0 Å². The van der Waals surface area contributed by atoms with Crippen molar-refractivity contribution >= 4 is 11.0 Å². The lowest BCUT2D eigenvalue weighted by Crippen LogP contribution is -2.47. The Morgan fingerprint density at radius 1 is 0.724 bits per heavy atom. The van der Waals surface area contributed by atoms with Crippen LogP contribution in [0, 0.1) is 0 Å². The first kappa shape index (κ1) is 18.1. The molecule has 1 N–H and O–H groups in total. The minimum Gasteiger partial charge on any atom is -0.341 e. The standard InChI is InChI=1S/C25H26N4/c1-3-9-20(10-4-1)25(21-11-5-2-6-12-21)29-17-15-28(16-18-29)19-24-26-22-13-7-8-14-23(22)27-24/h1-14,25H,15-19H2,(H,26,27). The fourth-order valence-electron chi connectivity index (χ4n) is 4.36. The summed E-state index contributed by atoms with van der Waals surface area (Å²) in [6.07, 6.45) is 0. The maximum absolute atomic E-state index is 4.75. The third-order valence-corrected chi connectivity index (χ3v) is 5.81. The number of piperazine rings is 1. The van der Waals surface area contributed by atoms with Gasteiger partial charge in [-0.1, -0.05) is 72.8 Å². The number of hydrogen-bond acceptors (Lipinski definition) is 3. The molecule has 4 heteroatoms. The van der Waals surface area contributed by atoms with E-state index >= 15 is 0 Å². The molecule has 0 radical (unpaired) electrons. The topological polar surface area (TPSA) is 35.2 Å². The molecule has 0 atom stereocenters. The molecular formula is C25H26N4. The van der Waals surface area contributed by atoms with E-state index in [4.69, 9.17) is 4.98 Å². The molecule has 1 aliphatic heterocycles. The van der Waals surface area contributed by atoms with Crippen LogP contribution in [-0.4, -0.2) is 45.9 Å². The minimum absolute atomic E-state index is 0.311. The molecule has 4 nitrogen and oxygen atoms in total. The zero-order valence-electron chi connectivity index (χ0n) is 16.5. The summed E-state index contributed by atoms with van der Waals surface area (Å²) in [5.74, 6) is 1.06. The Kier molecular flexibility index (Phi) is 5.11. The van der Waals surface area contributed by atoms with Gasteiger partial charge in [0.25, 0.3) is 0 Å². The van der Waals surface area contributed by atoms with Crippen LogP contribution < -0.4 is 0 Å². The van der Waals surface area contributed by atoms with Crippen molar-refractivity contribution in [3.05, 3.63) is 102 Å². The Labute approximate surface area is 171 Å². The average molecular weight is 383 g/mol. The van der Waals surface area contributed by atoms with E-state index in [1.807, 2.05) is 6.07 Å². The van der Waals surface area contributed by atoms with Crippen LogP contribution in [0.15, 0.2) is 84.9 Å². The van der Waals surface area contributed by atoms with Crippen LogP contribution in [0.1, 0.15) is 23.0 Å². The van der Waals surface area contributed by atoms with Crippen LogP contribution in [0.5, 0.6) is 0 Å². The van der Waals surface area contributed by atoms with Crippen molar-refractivity contribution in [3.63, 3.8) is 0 Å². The first-order valence-electron chi connectivity index (χ1n) is 10.4. The summed E-state index contributed by atoms with van der Waals surface area (Å²) < 4.78 is 0. The van der Waals surface area contributed by atoms with Gasteiger partial charge < -0.3 is 4.98 Å². The molecule has 1 aromatic heterocycles. The molecule has 29 heavy (non-hydrogen) atoms. The number of hydrogen-bond donors (Lipinski definition) is 1. The van der Waals surface area contributed by atoms with Gasteiger partial charge in [-0.05, 0) is 23.3 Å². The van der Waals surface area contributed by atoms with Crippen LogP contribution in [0.4, 0.5) is 0 Å². The second-order valence-electron chi connectivity index (χ2n) is 7.74. The first-order chi connectivity index (χ1) is 14.4. The van der Waals surface area contributed by atoms with Gasteiger partial charge in [0.2, 0.25) is 0 Å². The van der Waals surface area contributed by atoms with Gasteiger partial charge in [0.1, 0.15) is 5.82 Å². The number of benzene rings is 3. The van der Waals surface area contributed by atoms with Gasteiger partial charge in [-0.3, -0.25) is 9.80 Å². The van der Waals surface area contributed by atoms with Crippen molar-refractivity contribution in [2.75, 3.05) is 26.2 Å². The zero-order chi connectivity index (χ0) is 19.5. The molecule has 0 spiro atoms. The van der Waals surface area contributed by atoms with Gasteiger partial charge in [0.15, 0.2) is 0 Å². The molecule has 1 aliphatic rings. The van der Waals surface area contributed by atoms with Gasteiger partial charge in [-0.25, -0.2) is 4.98 Å². The molecular weight excluding hydrogens is 356 g/mol. The van der Waals surface area contributed by atoms with E-state index in [0.717, 1.165) is 49.6 Å². The number of rotatable bonds is 5. The summed E-state index contributed by atoms with van der Waals surface area (Å²) in [6.45, 7) is 5.08. The van der Waals surface area contributed by atoms with Crippen molar-refractivity contribution in [1.82, 2.24) is 19.8 Å². The fourth-order valence-corrected chi connectivity index (χ4v) is 4.36. The lowest BCUT2D eigenvalue weighted by Gasteiger charge is -2.39. The SMILES string of the molecule is c1ccc(C(c2ccccc2)N2CCN(Cc3nc4ccccc4[nH]3)CC2)cc1. The maximum Gasteiger partial charge on any atom is 0.121 e. The molecule has 0 saturated carbocycles. The summed E-state index contributed by atoms with van der Waals surface area (Å²) in [5, 5.41) is 0. The van der Waals surface area contributed by atoms with Gasteiger partial charge in [0.05, 0.1) is 23.6 Å². The normalized spacial score (nSPS) is 15.9. The number of fused-ring (bicyclic) bond motifs is 1. The van der Waals surface area contributed by atoms with E-state index < -0.39 is 0 Å². The summed E-state index contributed by atoms with van der Waals surface area (Å²) >= 11 is 0. The van der Waals surface area contributed by atoms with Crippen LogP contribution >= 0.6 is 0 Å². The highest BCUT2D eigenvalue weighted by Crippen LogP contribution is 2.29. The summed E-state index contributed by atoms with van der Waals surface area (Å²) in [6, 6.07) is 30.3. The third-order valence-electron chi connectivity index (χ3n) is 5.81. The number of para-hydroxylation sites is 2. The van der Waals surface area contributed by atoms with E-state index in [2.05, 4.69) is 93.6 Å². The van der Waals surface area contributed by atoms with E-state index in [1.165, 1.54) is 11.1 Å². The highest BCUT2D eigenvalue weighted by Gasteiger charge is 2.26. The summed E-state index contributed by atoms with van der Waals surface area (Å²) in [5.41, 5.74) is 4.90. The molecule has 2 heterocycles. The van der Waals surface area contributed by atoms with Crippen LogP contribution in [0.3, 0.4) is 0 Å². The highest BCUT2D eigenvalue weighted by molar-refractivity contribution is 5.74. The zero-order valence-corrected chi connectivity index (χ0v) is 16.5. The van der Waals surface area contributed by atoms with Gasteiger partial charge >= 0.3 is 0 Å². The third kappa shape index (κ3) is 3.95. The Morgan fingerprint density at radius 3 is 1.93 bits per heavy atom. The number of aromatic amines is 1. The Balaban J connectivity index is 1.30. The number of aromatic nitrogens is 2. The molecule has 5 rings (SSSR count). The second kappa shape index (κ2) is 8.19. The number of imidazole rings is 1. The van der Waals surface area contributed by atoms with Crippen LogP contribution in [0.25, 0.3) is 11.0 Å². The molecule has 0 unspecified atom stereocenters. The van der Waals surface area contributed by atoms with Gasteiger partial charge in [-0.15, -0.1) is 0 Å². The number of H-pyrrole nitrogens is 1. The maximum atomic E-state index is 4.75. The monoisotopic (exact) mass is 382 g/mol. The predicted molar refractivity (Wildman–Crippen MR) is 118 cm³/mol. The number of nitrogens with zero attached hydrogens (tertiary/aromatic N) is 3. The van der Waals surface area contributed by atoms with Crippen LogP contribution in [-0.2, 0) is 6.54 Å². The number of nitrogens with one attached hydrogen (secondary N) is 1. The lowest BCUT2D eigenvalue weighted by molar-refractivity contribution is 0.103. The van der Waals surface area contributed by atoms with Gasteiger partial charge in [0, 0.05) is 26.2 Å². The largest absolute Gasteiger partial charge is 0.341 e. The molecule has 4 aromatic rings. The van der Waals surface area contributed by atoms with Crippen molar-refractivity contribution < 1.29 is 0 Å². The van der Waals surface area contributed by atoms with Crippen molar-refractivity contribution in [2.24, 2.45) is 0 Å². The van der Waals surface area contributed by atoms with Gasteiger partial charge in [-0.2, -0.15) is 0 Å². The molecule has 0 bridgehead atoms. The van der Waals surface area contributed by atoms with Crippen molar-refractivity contribution in [1.29, 1.82) is 0 Å². The quantitative estimate of drug-likeness (QED) is 0.553. The smallest absolute Gasteiger partial charge is 0.121 e. The predicted octanol–water partition coefficient (Wildman–Crippen LogP) is 4.47. The lowest BCUT2D eigenvalue weighted by atomic mass is 9.96. The first-order valence-corrected chi connectivity index (χ1v) is 10.4. The molecule has 146 valence electrons. The molecule has 1 fully saturated rings. The average Bonchev–Trinajstić information content (AvgIpc) is 3.19. The fraction of sp³-hybridized carbons (Fsp3) is 0.240. The highest BCUT2D eigenvalue weighted by atomic mass is 15.3. The van der Waals surface area contributed by atoms with E-state index in [-0.39, 0.29) is 0 Å². The van der Waals surface area contributed by atoms with Crippen molar-refractivity contribution in [3.8, 4) is 0 Å². The Morgan fingerprint density at radius 2 is 1.31 bits per heavy atom. The minimum atomic E-state index is 0.311. The van der Waals surface area contributed by atoms with Crippen molar-refractivity contribution in [2.45, 2.75) is 12.6 Å². The van der Waals surface area contributed by atoms with E-state index in [9.17, 15) is 0 Å². The summed E-state index contributed by atoms with van der Waals surface area (Å²) in [7, 11) is 0. The Bertz CT molecular complexity index is 977. The van der Waals surface area contributed by atoms with E-state index in [0.29, 0.717) is 6.04 Å². The molecule has 1 saturated heterocycles. The molecule has 0 amide bonds. The molecule has 3 aromatic carbocycles. The molecule has 0 aliphatic carbocycles.